The first-order valence-electron chi connectivity index (χ1n) is 6.36. The fraction of sp³-hybridized carbons (Fsp3) is 0.833. The zero-order valence-corrected chi connectivity index (χ0v) is 10.9. The lowest BCUT2D eigenvalue weighted by Gasteiger charge is -2.34. The third-order valence-corrected chi connectivity index (χ3v) is 3.26. The number of hydrogen-bond acceptors (Lipinski definition) is 3. The summed E-state index contributed by atoms with van der Waals surface area (Å²) in [7, 11) is 1.66. The van der Waals surface area contributed by atoms with E-state index in [4.69, 9.17) is 9.84 Å². The summed E-state index contributed by atoms with van der Waals surface area (Å²) >= 11 is 0. The number of ether oxygens (including phenoxy) is 1. The highest BCUT2D eigenvalue weighted by Gasteiger charge is 2.30. The number of carbonyl (C=O) groups is 2. The number of carbonyl (C=O) groups excluding carboxylic acids is 1. The third kappa shape index (κ3) is 4.52. The highest BCUT2D eigenvalue weighted by atomic mass is 16.5. The number of aliphatic carboxylic acids is 1. The van der Waals surface area contributed by atoms with Crippen molar-refractivity contribution < 1.29 is 19.4 Å². The molecule has 1 rings (SSSR count). The van der Waals surface area contributed by atoms with Crippen molar-refractivity contribution in [3.8, 4) is 0 Å². The van der Waals surface area contributed by atoms with E-state index in [0.717, 1.165) is 19.3 Å². The van der Waals surface area contributed by atoms with Gasteiger partial charge in [-0.15, -0.1) is 0 Å². The molecule has 1 aliphatic carbocycles. The molecule has 0 saturated heterocycles. The van der Waals surface area contributed by atoms with Crippen molar-refractivity contribution in [2.24, 2.45) is 5.92 Å². The van der Waals surface area contributed by atoms with E-state index >= 15 is 0 Å². The second-order valence-electron chi connectivity index (χ2n) is 4.70. The fourth-order valence-electron chi connectivity index (χ4n) is 1.99. The standard InChI is InChI=1S/C12H22N2O4/c1-3-4-8(11(15)16)7-13-12(17)14-9-5-10(6-9)18-2/h8-10H,3-7H2,1-2H3,(H,15,16)(H2,13,14,17). The van der Waals surface area contributed by atoms with Crippen LogP contribution in [0.4, 0.5) is 4.79 Å². The van der Waals surface area contributed by atoms with Crippen LogP contribution in [0.3, 0.4) is 0 Å². The molecule has 0 aromatic heterocycles. The molecule has 3 N–H and O–H groups in total. The van der Waals surface area contributed by atoms with Gasteiger partial charge < -0.3 is 20.5 Å². The van der Waals surface area contributed by atoms with Crippen LogP contribution in [0.5, 0.6) is 0 Å². The van der Waals surface area contributed by atoms with Crippen LogP contribution in [0.1, 0.15) is 32.6 Å². The minimum absolute atomic E-state index is 0.143. The molecule has 0 radical (unpaired) electrons. The molecule has 0 spiro atoms. The number of rotatable bonds is 7. The van der Waals surface area contributed by atoms with Crippen LogP contribution in [0.15, 0.2) is 0 Å². The van der Waals surface area contributed by atoms with E-state index in [9.17, 15) is 9.59 Å². The quantitative estimate of drug-likeness (QED) is 0.635. The van der Waals surface area contributed by atoms with Crippen molar-refractivity contribution in [2.75, 3.05) is 13.7 Å². The topological polar surface area (TPSA) is 87.7 Å². The van der Waals surface area contributed by atoms with E-state index in [1.54, 1.807) is 7.11 Å². The summed E-state index contributed by atoms with van der Waals surface area (Å²) in [5.41, 5.74) is 0. The molecule has 6 nitrogen and oxygen atoms in total. The molecule has 0 heterocycles. The normalized spacial score (nSPS) is 23.9. The van der Waals surface area contributed by atoms with Gasteiger partial charge >= 0.3 is 12.0 Å². The molecule has 1 atom stereocenters. The summed E-state index contributed by atoms with van der Waals surface area (Å²) in [6, 6.07) is -0.152. The zero-order valence-electron chi connectivity index (χ0n) is 10.9. The van der Waals surface area contributed by atoms with Crippen molar-refractivity contribution >= 4 is 12.0 Å². The predicted octanol–water partition coefficient (Wildman–Crippen LogP) is 0.964. The number of carboxylic acid groups (broad SMARTS) is 1. The van der Waals surface area contributed by atoms with Gasteiger partial charge in [-0.3, -0.25) is 4.79 Å². The third-order valence-electron chi connectivity index (χ3n) is 3.26. The maximum atomic E-state index is 11.5. The van der Waals surface area contributed by atoms with E-state index in [1.165, 1.54) is 0 Å². The fourth-order valence-corrected chi connectivity index (χ4v) is 1.99. The molecule has 0 bridgehead atoms. The Hall–Kier alpha value is -1.30. The highest BCUT2D eigenvalue weighted by molar-refractivity contribution is 5.76. The Morgan fingerprint density at radius 1 is 1.44 bits per heavy atom. The molecule has 0 aromatic carbocycles. The lowest BCUT2D eigenvalue weighted by atomic mass is 9.89. The average Bonchev–Trinajstić information content (AvgIpc) is 2.28. The van der Waals surface area contributed by atoms with Gasteiger partial charge in [0.25, 0.3) is 0 Å². The van der Waals surface area contributed by atoms with Gasteiger partial charge in [-0.05, 0) is 19.3 Å². The van der Waals surface area contributed by atoms with Gasteiger partial charge in [-0.2, -0.15) is 0 Å². The summed E-state index contributed by atoms with van der Waals surface area (Å²) in [5.74, 6) is -1.37. The first kappa shape index (κ1) is 14.8. The van der Waals surface area contributed by atoms with E-state index in [2.05, 4.69) is 10.6 Å². The van der Waals surface area contributed by atoms with Crippen molar-refractivity contribution in [2.45, 2.75) is 44.8 Å². The van der Waals surface area contributed by atoms with Crippen molar-refractivity contribution in [1.82, 2.24) is 10.6 Å². The largest absolute Gasteiger partial charge is 0.481 e. The molecule has 0 aliphatic heterocycles. The van der Waals surface area contributed by atoms with Gasteiger partial charge in [0.05, 0.1) is 12.0 Å². The molecule has 1 saturated carbocycles. The molecule has 1 fully saturated rings. The molecule has 1 aliphatic rings. The summed E-state index contributed by atoms with van der Waals surface area (Å²) < 4.78 is 5.11. The molecule has 6 heteroatoms. The first-order chi connectivity index (χ1) is 8.56. The van der Waals surface area contributed by atoms with Crippen molar-refractivity contribution in [3.05, 3.63) is 0 Å². The van der Waals surface area contributed by atoms with Crippen LogP contribution >= 0.6 is 0 Å². The summed E-state index contributed by atoms with van der Waals surface area (Å²) in [5, 5.41) is 14.3. The van der Waals surface area contributed by atoms with Gasteiger partial charge in [0.15, 0.2) is 0 Å². The van der Waals surface area contributed by atoms with Crippen LogP contribution < -0.4 is 10.6 Å². The molecule has 18 heavy (non-hydrogen) atoms. The maximum absolute atomic E-state index is 11.5. The van der Waals surface area contributed by atoms with Gasteiger partial charge in [0.1, 0.15) is 0 Å². The number of hydrogen-bond donors (Lipinski definition) is 3. The summed E-state index contributed by atoms with van der Waals surface area (Å²) in [4.78, 5) is 22.4. The van der Waals surface area contributed by atoms with Crippen LogP contribution in [0.2, 0.25) is 0 Å². The lowest BCUT2D eigenvalue weighted by Crippen LogP contribution is -2.51. The second-order valence-corrected chi connectivity index (χ2v) is 4.70. The van der Waals surface area contributed by atoms with Gasteiger partial charge in [-0.1, -0.05) is 13.3 Å². The predicted molar refractivity (Wildman–Crippen MR) is 66.4 cm³/mol. The average molecular weight is 258 g/mol. The second kappa shape index (κ2) is 7.20. The van der Waals surface area contributed by atoms with Crippen LogP contribution in [-0.2, 0) is 9.53 Å². The molecule has 2 amide bonds. The van der Waals surface area contributed by atoms with Gasteiger partial charge in [-0.25, -0.2) is 4.79 Å². The highest BCUT2D eigenvalue weighted by Crippen LogP contribution is 2.22. The Morgan fingerprint density at radius 2 is 2.11 bits per heavy atom. The van der Waals surface area contributed by atoms with Crippen LogP contribution in [0, 0.1) is 5.92 Å². The summed E-state index contributed by atoms with van der Waals surface area (Å²) in [6.45, 7) is 2.10. The van der Waals surface area contributed by atoms with Gasteiger partial charge in [0, 0.05) is 19.7 Å². The molecular formula is C12H22N2O4. The van der Waals surface area contributed by atoms with Crippen molar-refractivity contribution in [1.29, 1.82) is 0 Å². The first-order valence-corrected chi connectivity index (χ1v) is 6.36. The number of urea groups is 1. The smallest absolute Gasteiger partial charge is 0.315 e. The molecule has 0 aromatic rings. The maximum Gasteiger partial charge on any atom is 0.315 e. The molecule has 104 valence electrons. The lowest BCUT2D eigenvalue weighted by molar-refractivity contribution is -0.141. The van der Waals surface area contributed by atoms with Crippen LogP contribution in [-0.4, -0.2) is 42.9 Å². The number of methoxy groups -OCH3 is 1. The van der Waals surface area contributed by atoms with E-state index in [1.807, 2.05) is 6.92 Å². The van der Waals surface area contributed by atoms with E-state index < -0.39 is 11.9 Å². The monoisotopic (exact) mass is 258 g/mol. The Kier molecular flexibility index (Phi) is 5.91. The zero-order chi connectivity index (χ0) is 13.5. The summed E-state index contributed by atoms with van der Waals surface area (Å²) in [6.07, 6.45) is 3.24. The Morgan fingerprint density at radius 3 is 2.61 bits per heavy atom. The Labute approximate surface area is 107 Å². The minimum atomic E-state index is -0.861. The van der Waals surface area contributed by atoms with Crippen molar-refractivity contribution in [3.63, 3.8) is 0 Å². The van der Waals surface area contributed by atoms with E-state index in [0.29, 0.717) is 6.42 Å². The Balaban J connectivity index is 2.18. The van der Waals surface area contributed by atoms with E-state index in [-0.39, 0.29) is 24.7 Å². The Bertz CT molecular complexity index is 290. The molecule has 1 unspecified atom stereocenters. The minimum Gasteiger partial charge on any atom is -0.481 e. The molecular weight excluding hydrogens is 236 g/mol. The number of carboxylic acids is 1. The van der Waals surface area contributed by atoms with Crippen LogP contribution in [0.25, 0.3) is 0 Å². The SMILES string of the molecule is CCCC(CNC(=O)NC1CC(OC)C1)C(=O)O. The number of nitrogens with one attached hydrogen (secondary N) is 2. The number of amides is 2. The van der Waals surface area contributed by atoms with Gasteiger partial charge in [0.2, 0.25) is 0 Å².